The zero-order valence-electron chi connectivity index (χ0n) is 9.07. The first-order valence-electron chi connectivity index (χ1n) is 5.15. The van der Waals surface area contributed by atoms with Gasteiger partial charge < -0.3 is 15.1 Å². The van der Waals surface area contributed by atoms with Gasteiger partial charge in [-0.2, -0.15) is 11.8 Å². The Morgan fingerprint density at radius 1 is 1.43 bits per heavy atom. The molecule has 0 aromatic carbocycles. The number of nitrogens with zero attached hydrogens (tertiary/aromatic N) is 1. The topological polar surface area (TPSA) is 43.7 Å². The van der Waals surface area contributed by atoms with E-state index >= 15 is 0 Å². The zero-order valence-corrected chi connectivity index (χ0v) is 9.89. The molecule has 1 aliphatic rings. The molecule has 84 valence electrons. The number of aliphatic hydroxyl groups is 2. The third kappa shape index (κ3) is 3.42. The number of hydrogen-bond acceptors (Lipinski definition) is 4. The van der Waals surface area contributed by atoms with E-state index < -0.39 is 0 Å². The highest BCUT2D eigenvalue weighted by atomic mass is 32.2. The molecule has 1 saturated heterocycles. The first-order valence-corrected chi connectivity index (χ1v) is 6.20. The van der Waals surface area contributed by atoms with Crippen molar-refractivity contribution in [2.75, 3.05) is 38.6 Å². The van der Waals surface area contributed by atoms with Crippen molar-refractivity contribution in [3.63, 3.8) is 0 Å². The Hall–Kier alpha value is 0.230. The van der Waals surface area contributed by atoms with Crippen LogP contribution in [0.15, 0.2) is 0 Å². The lowest BCUT2D eigenvalue weighted by Gasteiger charge is -2.36. The molecule has 4 heteroatoms. The van der Waals surface area contributed by atoms with Crippen LogP contribution in [-0.4, -0.2) is 59.0 Å². The van der Waals surface area contributed by atoms with Gasteiger partial charge in [-0.05, 0) is 0 Å². The van der Waals surface area contributed by atoms with Gasteiger partial charge in [0.2, 0.25) is 0 Å². The van der Waals surface area contributed by atoms with Crippen LogP contribution in [0.1, 0.15) is 13.8 Å². The molecule has 0 aromatic rings. The van der Waals surface area contributed by atoms with Crippen molar-refractivity contribution in [3.05, 3.63) is 0 Å². The number of hydrogen-bond donors (Lipinski definition) is 2. The van der Waals surface area contributed by atoms with E-state index in [1.54, 1.807) is 0 Å². The van der Waals surface area contributed by atoms with Gasteiger partial charge >= 0.3 is 0 Å². The molecular formula is C10H21NO2S. The summed E-state index contributed by atoms with van der Waals surface area (Å²) in [5.41, 5.74) is -0.346. The SMILES string of the molecule is CC1CN(CC(C)(CO)CO)CCS1. The Bertz CT molecular complexity index is 174. The molecule has 0 bridgehead atoms. The third-order valence-electron chi connectivity index (χ3n) is 2.69. The normalized spacial score (nSPS) is 25.3. The van der Waals surface area contributed by atoms with Gasteiger partial charge in [-0.25, -0.2) is 0 Å². The largest absolute Gasteiger partial charge is 0.396 e. The van der Waals surface area contributed by atoms with Crippen molar-refractivity contribution in [1.82, 2.24) is 4.90 Å². The lowest BCUT2D eigenvalue weighted by Crippen LogP contribution is -2.45. The summed E-state index contributed by atoms with van der Waals surface area (Å²) in [6.45, 7) is 7.21. The maximum atomic E-state index is 9.19. The van der Waals surface area contributed by atoms with Gasteiger partial charge in [-0.15, -0.1) is 0 Å². The first-order chi connectivity index (χ1) is 6.59. The first kappa shape index (κ1) is 12.3. The average molecular weight is 219 g/mol. The van der Waals surface area contributed by atoms with Crippen LogP contribution in [0.2, 0.25) is 0 Å². The van der Waals surface area contributed by atoms with Gasteiger partial charge in [-0.1, -0.05) is 13.8 Å². The minimum Gasteiger partial charge on any atom is -0.396 e. The molecule has 1 atom stereocenters. The van der Waals surface area contributed by atoms with Crippen LogP contribution in [0.5, 0.6) is 0 Å². The summed E-state index contributed by atoms with van der Waals surface area (Å²) < 4.78 is 0. The highest BCUT2D eigenvalue weighted by molar-refractivity contribution is 7.99. The molecule has 0 amide bonds. The molecule has 1 aliphatic heterocycles. The van der Waals surface area contributed by atoms with Crippen LogP contribution in [0.4, 0.5) is 0 Å². The fourth-order valence-electron chi connectivity index (χ4n) is 1.72. The van der Waals surface area contributed by atoms with Crippen LogP contribution in [0, 0.1) is 5.41 Å². The number of aliphatic hydroxyl groups excluding tert-OH is 2. The zero-order chi connectivity index (χ0) is 10.6. The lowest BCUT2D eigenvalue weighted by molar-refractivity contribution is 0.0363. The Morgan fingerprint density at radius 2 is 2.07 bits per heavy atom. The summed E-state index contributed by atoms with van der Waals surface area (Å²) in [6.07, 6.45) is 0. The fraction of sp³-hybridized carbons (Fsp3) is 1.00. The highest BCUT2D eigenvalue weighted by Gasteiger charge is 2.27. The molecule has 1 fully saturated rings. The summed E-state index contributed by atoms with van der Waals surface area (Å²) in [6, 6.07) is 0. The van der Waals surface area contributed by atoms with E-state index in [9.17, 15) is 10.2 Å². The maximum absolute atomic E-state index is 9.19. The Kier molecular flexibility index (Phi) is 4.70. The maximum Gasteiger partial charge on any atom is 0.0519 e. The van der Waals surface area contributed by atoms with Gasteiger partial charge in [0.05, 0.1) is 13.2 Å². The van der Waals surface area contributed by atoms with Gasteiger partial charge in [0.1, 0.15) is 0 Å². The van der Waals surface area contributed by atoms with Crippen molar-refractivity contribution in [3.8, 4) is 0 Å². The summed E-state index contributed by atoms with van der Waals surface area (Å²) in [5, 5.41) is 19.1. The van der Waals surface area contributed by atoms with Gasteiger partial charge in [-0.3, -0.25) is 0 Å². The molecule has 3 nitrogen and oxygen atoms in total. The van der Waals surface area contributed by atoms with Crippen LogP contribution in [0.3, 0.4) is 0 Å². The molecule has 1 unspecified atom stereocenters. The van der Waals surface area contributed by atoms with E-state index in [2.05, 4.69) is 11.8 Å². The quantitative estimate of drug-likeness (QED) is 0.719. The fourth-order valence-corrected chi connectivity index (χ4v) is 2.81. The van der Waals surface area contributed by atoms with Crippen LogP contribution in [-0.2, 0) is 0 Å². The number of rotatable bonds is 4. The lowest BCUT2D eigenvalue weighted by atomic mass is 9.92. The minimum atomic E-state index is -0.346. The van der Waals surface area contributed by atoms with Gasteiger partial charge in [0.25, 0.3) is 0 Å². The minimum absolute atomic E-state index is 0.0571. The second kappa shape index (κ2) is 5.35. The van der Waals surface area contributed by atoms with E-state index in [1.165, 1.54) is 0 Å². The Morgan fingerprint density at radius 3 is 2.57 bits per heavy atom. The predicted octanol–water partition coefficient (Wildman–Crippen LogP) is 0.415. The van der Waals surface area contributed by atoms with Crippen molar-refractivity contribution in [1.29, 1.82) is 0 Å². The average Bonchev–Trinajstić information content (AvgIpc) is 2.18. The standard InChI is InChI=1S/C10H21NO2S/c1-9-5-11(3-4-14-9)6-10(2,7-12)8-13/h9,12-13H,3-8H2,1-2H3. The van der Waals surface area contributed by atoms with Crippen molar-refractivity contribution in [2.24, 2.45) is 5.41 Å². The Balaban J connectivity index is 2.41. The highest BCUT2D eigenvalue weighted by Crippen LogP contribution is 2.22. The molecule has 0 aliphatic carbocycles. The smallest absolute Gasteiger partial charge is 0.0519 e. The van der Waals surface area contributed by atoms with Crippen molar-refractivity contribution in [2.45, 2.75) is 19.1 Å². The molecule has 1 rings (SSSR count). The molecule has 0 aromatic heterocycles. The third-order valence-corrected chi connectivity index (χ3v) is 3.83. The Labute approximate surface area is 90.5 Å². The molecule has 0 spiro atoms. The van der Waals surface area contributed by atoms with Crippen LogP contribution in [0.25, 0.3) is 0 Å². The molecule has 0 radical (unpaired) electrons. The van der Waals surface area contributed by atoms with E-state index in [0.29, 0.717) is 5.25 Å². The monoisotopic (exact) mass is 219 g/mol. The summed E-state index contributed by atoms with van der Waals surface area (Å²) in [4.78, 5) is 2.34. The van der Waals surface area contributed by atoms with Crippen molar-refractivity contribution >= 4 is 11.8 Å². The molecule has 0 saturated carbocycles. The van der Waals surface area contributed by atoms with E-state index in [1.807, 2.05) is 18.7 Å². The van der Waals surface area contributed by atoms with E-state index in [4.69, 9.17) is 0 Å². The second-order valence-electron chi connectivity index (χ2n) is 4.54. The van der Waals surface area contributed by atoms with Gasteiger partial charge in [0, 0.05) is 36.1 Å². The molecule has 14 heavy (non-hydrogen) atoms. The predicted molar refractivity (Wildman–Crippen MR) is 60.6 cm³/mol. The van der Waals surface area contributed by atoms with Gasteiger partial charge in [0.15, 0.2) is 0 Å². The second-order valence-corrected chi connectivity index (χ2v) is 6.09. The van der Waals surface area contributed by atoms with E-state index in [0.717, 1.165) is 25.4 Å². The van der Waals surface area contributed by atoms with Crippen molar-refractivity contribution < 1.29 is 10.2 Å². The molecular weight excluding hydrogens is 198 g/mol. The number of thioether (sulfide) groups is 1. The summed E-state index contributed by atoms with van der Waals surface area (Å²) in [7, 11) is 0. The molecule has 1 heterocycles. The molecule has 2 N–H and O–H groups in total. The van der Waals surface area contributed by atoms with Crippen LogP contribution < -0.4 is 0 Å². The summed E-state index contributed by atoms with van der Waals surface area (Å²) in [5.74, 6) is 1.16. The van der Waals surface area contributed by atoms with Crippen LogP contribution >= 0.6 is 11.8 Å². The van der Waals surface area contributed by atoms with E-state index in [-0.39, 0.29) is 18.6 Å². The summed E-state index contributed by atoms with van der Waals surface area (Å²) >= 11 is 2.00.